The number of carbonyl (C=O) groups excluding carboxylic acids is 4. The van der Waals surface area contributed by atoms with Gasteiger partial charge in [0.2, 0.25) is 11.8 Å². The first kappa shape index (κ1) is 39.7. The number of fused-ring (bicyclic) bond motifs is 1. The second kappa shape index (κ2) is 16.7. The van der Waals surface area contributed by atoms with Crippen LogP contribution in [0, 0.1) is 17.8 Å². The molecule has 280 valence electrons. The monoisotopic (exact) mass is 797 g/mol. The molecule has 0 saturated carbocycles. The Morgan fingerprint density at radius 1 is 1.13 bits per heavy atom. The number of hydrogen-bond donors (Lipinski definition) is 1. The SMILES string of the molecule is C=CCCC(=O)N(C)[C@@H](C)[C@@H](OC(=O)[C@H]1[C@@H]2O[C@@]3(CC2Br)[C@@H]1C(=O)N([C@@H](CO)[C@@H](C)CC)[C@@H]3C(=O)N(CC=C)c1ccc(Cl)cc1)c1ccccc1. The minimum absolute atomic E-state index is 0.125. The Hall–Kier alpha value is -3.51. The number of likely N-dealkylation sites (tertiary alicyclic amines) is 1. The number of ether oxygens (including phenoxy) is 2. The molecule has 3 aliphatic rings. The van der Waals surface area contributed by atoms with Gasteiger partial charge in [-0.15, -0.1) is 13.2 Å². The summed E-state index contributed by atoms with van der Waals surface area (Å²) >= 11 is 9.94. The Balaban J connectivity index is 1.57. The number of hydrogen-bond acceptors (Lipinski definition) is 7. The fraction of sp³-hybridized carbons (Fsp3) is 0.500. The average Bonchev–Trinajstić information content (AvgIpc) is 3.75. The molecule has 10 atom stereocenters. The molecule has 5 rings (SSSR count). The van der Waals surface area contributed by atoms with E-state index in [9.17, 15) is 24.3 Å². The summed E-state index contributed by atoms with van der Waals surface area (Å²) in [5.41, 5.74) is -0.154. The number of nitrogens with zero attached hydrogens (tertiary/aromatic N) is 3. The summed E-state index contributed by atoms with van der Waals surface area (Å²) in [5, 5.41) is 11.3. The van der Waals surface area contributed by atoms with Crippen molar-refractivity contribution in [2.75, 3.05) is 25.1 Å². The molecule has 2 aromatic carbocycles. The van der Waals surface area contributed by atoms with E-state index in [0.717, 1.165) is 0 Å². The molecule has 3 saturated heterocycles. The number of likely N-dealkylation sites (N-methyl/N-ethyl adjacent to an activating group) is 1. The van der Waals surface area contributed by atoms with Crippen molar-refractivity contribution in [2.45, 2.75) is 87.2 Å². The van der Waals surface area contributed by atoms with Crippen LogP contribution in [0.4, 0.5) is 5.69 Å². The summed E-state index contributed by atoms with van der Waals surface area (Å²) in [6, 6.07) is 13.6. The zero-order valence-electron chi connectivity index (χ0n) is 30.2. The molecule has 2 bridgehead atoms. The third-order valence-corrected chi connectivity index (χ3v) is 12.3. The van der Waals surface area contributed by atoms with Gasteiger partial charge in [0, 0.05) is 35.6 Å². The molecule has 2 aromatic rings. The third-order valence-electron chi connectivity index (χ3n) is 11.2. The van der Waals surface area contributed by atoms with E-state index in [-0.39, 0.29) is 42.6 Å². The quantitative estimate of drug-likeness (QED) is 0.124. The fourth-order valence-electron chi connectivity index (χ4n) is 8.13. The van der Waals surface area contributed by atoms with Crippen molar-refractivity contribution in [3.63, 3.8) is 0 Å². The first-order chi connectivity index (χ1) is 24.9. The van der Waals surface area contributed by atoms with Gasteiger partial charge in [0.05, 0.1) is 36.6 Å². The maximum absolute atomic E-state index is 15.0. The molecule has 52 heavy (non-hydrogen) atoms. The number of esters is 1. The van der Waals surface area contributed by atoms with Gasteiger partial charge in [-0.1, -0.05) is 90.3 Å². The summed E-state index contributed by atoms with van der Waals surface area (Å²) < 4.78 is 13.1. The Labute approximate surface area is 319 Å². The number of allylic oxidation sites excluding steroid dienone is 1. The van der Waals surface area contributed by atoms with Crippen molar-refractivity contribution in [3.05, 3.63) is 90.5 Å². The molecule has 3 aliphatic heterocycles. The van der Waals surface area contributed by atoms with Crippen LogP contribution in [-0.4, -0.2) is 93.5 Å². The van der Waals surface area contributed by atoms with Gasteiger partial charge in [-0.3, -0.25) is 19.2 Å². The van der Waals surface area contributed by atoms with Gasteiger partial charge in [-0.2, -0.15) is 0 Å². The van der Waals surface area contributed by atoms with Crippen LogP contribution in [-0.2, 0) is 28.7 Å². The highest BCUT2D eigenvalue weighted by molar-refractivity contribution is 9.09. The van der Waals surface area contributed by atoms with Gasteiger partial charge in [0.15, 0.2) is 0 Å². The second-order valence-electron chi connectivity index (χ2n) is 14.1. The normalized spacial score (nSPS) is 26.9. The van der Waals surface area contributed by atoms with Crippen molar-refractivity contribution in [1.82, 2.24) is 9.80 Å². The molecule has 3 heterocycles. The molecule has 3 fully saturated rings. The molecule has 0 radical (unpaired) electrons. The van der Waals surface area contributed by atoms with Gasteiger partial charge in [-0.25, -0.2) is 0 Å². The lowest BCUT2D eigenvalue weighted by atomic mass is 9.70. The Bertz CT molecular complexity index is 1640. The van der Waals surface area contributed by atoms with Gasteiger partial charge >= 0.3 is 5.97 Å². The first-order valence-corrected chi connectivity index (χ1v) is 19.2. The van der Waals surface area contributed by atoms with Crippen LogP contribution >= 0.6 is 27.5 Å². The van der Waals surface area contributed by atoms with Crippen LogP contribution < -0.4 is 4.90 Å². The highest BCUT2D eigenvalue weighted by atomic mass is 79.9. The van der Waals surface area contributed by atoms with E-state index in [0.29, 0.717) is 29.1 Å². The first-order valence-electron chi connectivity index (χ1n) is 17.9. The topological polar surface area (TPSA) is 117 Å². The molecule has 10 nitrogen and oxygen atoms in total. The van der Waals surface area contributed by atoms with Crippen LogP contribution in [0.25, 0.3) is 0 Å². The molecule has 0 aromatic heterocycles. The number of carbonyl (C=O) groups is 4. The predicted molar refractivity (Wildman–Crippen MR) is 204 cm³/mol. The average molecular weight is 799 g/mol. The van der Waals surface area contributed by atoms with E-state index in [1.807, 2.05) is 51.1 Å². The highest BCUT2D eigenvalue weighted by Gasteiger charge is 2.78. The third kappa shape index (κ3) is 7.21. The standard InChI is InChI=1S/C40H49BrClN3O7/c1-7-10-16-31(47)43(6)25(5)34(26-14-12-11-13-15-26)51-39(50)32-33-37(48)45(30(23-46)24(4)9-3)36(40(33)22-29(41)35(32)52-40)38(49)44(21-8-2)28-19-17-27(42)18-20-28/h7-8,11-15,17-20,24-25,29-30,32-36,46H,1-2,9-10,16,21-23H2,3-6H3/t24-,25-,29?,30-,32+,33-,34+,35+,36+,40-/m0/s1. The molecular formula is C40H49BrClN3O7. The fourth-order valence-corrected chi connectivity index (χ4v) is 9.20. The van der Waals surface area contributed by atoms with Crippen LogP contribution in [0.15, 0.2) is 79.9 Å². The largest absolute Gasteiger partial charge is 0.455 e. The number of amides is 3. The molecular weight excluding hydrogens is 750 g/mol. The van der Waals surface area contributed by atoms with Crippen LogP contribution in [0.2, 0.25) is 5.02 Å². The maximum atomic E-state index is 15.0. The van der Waals surface area contributed by atoms with E-state index < -0.39 is 65.6 Å². The van der Waals surface area contributed by atoms with Gasteiger partial charge in [0.1, 0.15) is 17.7 Å². The minimum atomic E-state index is -1.39. The zero-order chi connectivity index (χ0) is 37.9. The lowest BCUT2D eigenvalue weighted by Crippen LogP contribution is -2.60. The maximum Gasteiger partial charge on any atom is 0.313 e. The lowest BCUT2D eigenvalue weighted by molar-refractivity contribution is -0.165. The smallest absolute Gasteiger partial charge is 0.313 e. The number of aliphatic hydroxyl groups excluding tert-OH is 1. The number of alkyl halides is 1. The van der Waals surface area contributed by atoms with Crippen molar-refractivity contribution in [3.8, 4) is 0 Å². The zero-order valence-corrected chi connectivity index (χ0v) is 32.5. The molecule has 0 aliphatic carbocycles. The van der Waals surface area contributed by atoms with Gasteiger partial charge in [0.25, 0.3) is 5.91 Å². The van der Waals surface area contributed by atoms with Crippen LogP contribution in [0.3, 0.4) is 0 Å². The van der Waals surface area contributed by atoms with Crippen LogP contribution in [0.5, 0.6) is 0 Å². The van der Waals surface area contributed by atoms with Gasteiger partial charge in [-0.05, 0) is 55.5 Å². The number of rotatable bonds is 16. The number of anilines is 1. The second-order valence-corrected chi connectivity index (χ2v) is 15.7. The summed E-state index contributed by atoms with van der Waals surface area (Å²) in [6.45, 7) is 13.1. The lowest BCUT2D eigenvalue weighted by Gasteiger charge is -2.41. The summed E-state index contributed by atoms with van der Waals surface area (Å²) in [6.07, 6.45) is 3.34. The van der Waals surface area contributed by atoms with Crippen molar-refractivity contribution >= 4 is 56.9 Å². The Kier molecular flexibility index (Phi) is 12.7. The molecule has 12 heteroatoms. The molecule has 1 unspecified atom stereocenters. The molecule has 1 spiro atoms. The Morgan fingerprint density at radius 2 is 1.81 bits per heavy atom. The van der Waals surface area contributed by atoms with E-state index in [1.165, 1.54) is 9.80 Å². The highest BCUT2D eigenvalue weighted by Crippen LogP contribution is 2.61. The van der Waals surface area contributed by atoms with E-state index in [4.69, 9.17) is 21.1 Å². The van der Waals surface area contributed by atoms with Gasteiger partial charge < -0.3 is 29.3 Å². The number of benzene rings is 2. The van der Waals surface area contributed by atoms with Crippen molar-refractivity contribution in [1.29, 1.82) is 0 Å². The van der Waals surface area contributed by atoms with E-state index in [1.54, 1.807) is 48.4 Å². The van der Waals surface area contributed by atoms with E-state index >= 15 is 0 Å². The van der Waals surface area contributed by atoms with Crippen LogP contribution in [0.1, 0.15) is 58.1 Å². The number of halogens is 2. The summed E-state index contributed by atoms with van der Waals surface area (Å²) in [4.78, 5) is 61.9. The Morgan fingerprint density at radius 3 is 2.40 bits per heavy atom. The predicted octanol–water partition coefficient (Wildman–Crippen LogP) is 6.11. The number of aliphatic hydroxyl groups is 1. The molecule has 1 N–H and O–H groups in total. The molecule has 3 amide bonds. The van der Waals surface area contributed by atoms with E-state index in [2.05, 4.69) is 29.1 Å². The van der Waals surface area contributed by atoms with Crippen molar-refractivity contribution < 1.29 is 33.8 Å². The minimum Gasteiger partial charge on any atom is -0.455 e. The summed E-state index contributed by atoms with van der Waals surface area (Å²) in [7, 11) is 1.68. The summed E-state index contributed by atoms with van der Waals surface area (Å²) in [5.74, 6) is -3.92. The van der Waals surface area contributed by atoms with Crippen molar-refractivity contribution in [2.24, 2.45) is 17.8 Å².